The molecule has 1 aromatic carbocycles. The highest BCUT2D eigenvalue weighted by molar-refractivity contribution is 5.82. The second kappa shape index (κ2) is 6.21. The summed E-state index contributed by atoms with van der Waals surface area (Å²) >= 11 is 0. The van der Waals surface area contributed by atoms with E-state index in [1.54, 1.807) is 0 Å². The van der Waals surface area contributed by atoms with Crippen molar-refractivity contribution in [2.24, 2.45) is 17.3 Å². The van der Waals surface area contributed by atoms with Crippen molar-refractivity contribution in [1.82, 2.24) is 0 Å². The first-order valence-corrected chi connectivity index (χ1v) is 8.08. The Balaban J connectivity index is 2.05. The molecule has 0 bridgehead atoms. The van der Waals surface area contributed by atoms with Gasteiger partial charge in [-0.05, 0) is 48.8 Å². The van der Waals surface area contributed by atoms with E-state index in [-0.39, 0.29) is 5.92 Å². The highest BCUT2D eigenvalue weighted by Gasteiger charge is 2.35. The molecular formula is C19H29NO. The van der Waals surface area contributed by atoms with Gasteiger partial charge in [-0.2, -0.15) is 0 Å². The van der Waals surface area contributed by atoms with Crippen LogP contribution in [0, 0.1) is 24.2 Å². The molecule has 0 radical (unpaired) electrons. The molecule has 0 saturated heterocycles. The molecule has 2 unspecified atom stereocenters. The molecule has 2 rings (SSSR count). The molecule has 1 aliphatic rings. The van der Waals surface area contributed by atoms with Gasteiger partial charge in [0.15, 0.2) is 0 Å². The summed E-state index contributed by atoms with van der Waals surface area (Å²) < 4.78 is 0. The number of nitrogens with zero attached hydrogens (tertiary/aromatic N) is 1. The van der Waals surface area contributed by atoms with Gasteiger partial charge in [-0.25, -0.2) is 0 Å². The van der Waals surface area contributed by atoms with Gasteiger partial charge in [0.25, 0.3) is 0 Å². The Kier molecular flexibility index (Phi) is 4.75. The molecule has 2 atom stereocenters. The topological polar surface area (TPSA) is 20.3 Å². The first kappa shape index (κ1) is 16.1. The summed E-state index contributed by atoms with van der Waals surface area (Å²) in [5.41, 5.74) is 2.78. The Bertz CT molecular complexity index is 501. The highest BCUT2D eigenvalue weighted by Crippen LogP contribution is 2.39. The normalized spacial score (nSPS) is 23.2. The number of hydrogen-bond donors (Lipinski definition) is 0. The van der Waals surface area contributed by atoms with Crippen LogP contribution < -0.4 is 4.90 Å². The van der Waals surface area contributed by atoms with Crippen molar-refractivity contribution < 1.29 is 4.79 Å². The summed E-state index contributed by atoms with van der Waals surface area (Å²) in [4.78, 5) is 14.5. The maximum atomic E-state index is 12.3. The minimum absolute atomic E-state index is 0.188. The van der Waals surface area contributed by atoms with Crippen LogP contribution >= 0.6 is 0 Å². The molecule has 1 aliphatic carbocycles. The lowest BCUT2D eigenvalue weighted by Crippen LogP contribution is -2.38. The largest absolute Gasteiger partial charge is 0.374 e. The van der Waals surface area contributed by atoms with E-state index in [9.17, 15) is 4.79 Å². The molecule has 0 aromatic heterocycles. The average molecular weight is 287 g/mol. The Labute approximate surface area is 129 Å². The summed E-state index contributed by atoms with van der Waals surface area (Å²) in [6.45, 7) is 9.85. The van der Waals surface area contributed by atoms with Gasteiger partial charge in [-0.15, -0.1) is 0 Å². The van der Waals surface area contributed by atoms with Gasteiger partial charge in [0, 0.05) is 31.6 Å². The van der Waals surface area contributed by atoms with E-state index in [0.29, 0.717) is 17.1 Å². The highest BCUT2D eigenvalue weighted by atomic mass is 16.1. The number of benzene rings is 1. The molecule has 0 heterocycles. The summed E-state index contributed by atoms with van der Waals surface area (Å²) in [5, 5.41) is 0. The van der Waals surface area contributed by atoms with Gasteiger partial charge in [0.1, 0.15) is 5.78 Å². The van der Waals surface area contributed by atoms with Crippen LogP contribution in [0.5, 0.6) is 0 Å². The summed E-state index contributed by atoms with van der Waals surface area (Å²) in [5.74, 6) is 1.30. The van der Waals surface area contributed by atoms with E-state index >= 15 is 0 Å². The maximum absolute atomic E-state index is 12.3. The van der Waals surface area contributed by atoms with Crippen LogP contribution in [-0.4, -0.2) is 19.4 Å². The Hall–Kier alpha value is -1.31. The molecule has 2 heteroatoms. The van der Waals surface area contributed by atoms with Crippen LogP contribution in [0.15, 0.2) is 24.3 Å². The monoisotopic (exact) mass is 287 g/mol. The standard InChI is InChI=1S/C19H29NO/c1-14-7-6-8-17(11-14)20(5)13-15-12-16(19(2,3)4)9-10-18(15)21/h6-8,11,15-16H,9-10,12-13H2,1-5H3. The van der Waals surface area contributed by atoms with Crippen LogP contribution in [0.1, 0.15) is 45.6 Å². The smallest absolute Gasteiger partial charge is 0.137 e. The third-order valence-corrected chi connectivity index (χ3v) is 4.92. The van der Waals surface area contributed by atoms with Gasteiger partial charge in [0.2, 0.25) is 0 Å². The minimum Gasteiger partial charge on any atom is -0.374 e. The van der Waals surface area contributed by atoms with E-state index in [2.05, 4.69) is 63.9 Å². The molecule has 1 saturated carbocycles. The SMILES string of the molecule is Cc1cccc(N(C)CC2CC(C(C)(C)C)CCC2=O)c1. The van der Waals surface area contributed by atoms with Crippen molar-refractivity contribution in [3.63, 3.8) is 0 Å². The van der Waals surface area contributed by atoms with Crippen LogP contribution in [-0.2, 0) is 4.79 Å². The average Bonchev–Trinajstić information content (AvgIpc) is 2.40. The second-order valence-corrected chi connectivity index (χ2v) is 7.72. The Morgan fingerprint density at radius 3 is 2.62 bits per heavy atom. The fourth-order valence-electron chi connectivity index (χ4n) is 3.38. The van der Waals surface area contributed by atoms with Crippen molar-refractivity contribution in [1.29, 1.82) is 0 Å². The Morgan fingerprint density at radius 1 is 1.29 bits per heavy atom. The second-order valence-electron chi connectivity index (χ2n) is 7.72. The van der Waals surface area contributed by atoms with Crippen molar-refractivity contribution in [3.8, 4) is 0 Å². The minimum atomic E-state index is 0.188. The zero-order valence-corrected chi connectivity index (χ0v) is 14.1. The van der Waals surface area contributed by atoms with Crippen LogP contribution in [0.25, 0.3) is 0 Å². The number of aryl methyl sites for hydroxylation is 1. The van der Waals surface area contributed by atoms with Crippen LogP contribution in [0.4, 0.5) is 5.69 Å². The fraction of sp³-hybridized carbons (Fsp3) is 0.632. The van der Waals surface area contributed by atoms with Gasteiger partial charge in [-0.3, -0.25) is 4.79 Å². The number of hydrogen-bond acceptors (Lipinski definition) is 2. The third kappa shape index (κ3) is 4.09. The van der Waals surface area contributed by atoms with Gasteiger partial charge < -0.3 is 4.90 Å². The summed E-state index contributed by atoms with van der Waals surface area (Å²) in [7, 11) is 2.10. The van der Waals surface area contributed by atoms with Crippen molar-refractivity contribution in [2.45, 2.75) is 47.0 Å². The lowest BCUT2D eigenvalue weighted by Gasteiger charge is -2.38. The molecule has 0 spiro atoms. The number of carbonyl (C=O) groups excluding carboxylic acids is 1. The number of carbonyl (C=O) groups is 1. The lowest BCUT2D eigenvalue weighted by atomic mass is 9.68. The predicted molar refractivity (Wildman–Crippen MR) is 89.7 cm³/mol. The molecular weight excluding hydrogens is 258 g/mol. The van der Waals surface area contributed by atoms with Crippen molar-refractivity contribution in [2.75, 3.05) is 18.5 Å². The zero-order valence-electron chi connectivity index (χ0n) is 14.1. The molecule has 21 heavy (non-hydrogen) atoms. The van der Waals surface area contributed by atoms with Crippen LogP contribution in [0.2, 0.25) is 0 Å². The summed E-state index contributed by atoms with van der Waals surface area (Å²) in [6, 6.07) is 8.51. The molecule has 0 amide bonds. The number of Topliss-reactive ketones (excluding diaryl/α,β-unsaturated/α-hetero) is 1. The molecule has 116 valence electrons. The first-order valence-electron chi connectivity index (χ1n) is 8.08. The van der Waals surface area contributed by atoms with E-state index in [4.69, 9.17) is 0 Å². The third-order valence-electron chi connectivity index (χ3n) is 4.92. The fourth-order valence-corrected chi connectivity index (χ4v) is 3.38. The maximum Gasteiger partial charge on any atom is 0.137 e. The first-order chi connectivity index (χ1) is 9.77. The number of ketones is 1. The molecule has 1 aromatic rings. The zero-order chi connectivity index (χ0) is 15.6. The van der Waals surface area contributed by atoms with Crippen molar-refractivity contribution >= 4 is 11.5 Å². The number of anilines is 1. The van der Waals surface area contributed by atoms with Gasteiger partial charge in [-0.1, -0.05) is 32.9 Å². The summed E-state index contributed by atoms with van der Waals surface area (Å²) in [6.07, 6.45) is 2.86. The van der Waals surface area contributed by atoms with E-state index in [1.165, 1.54) is 11.3 Å². The quantitative estimate of drug-likeness (QED) is 0.818. The molecule has 0 aliphatic heterocycles. The van der Waals surface area contributed by atoms with E-state index in [1.807, 2.05) is 0 Å². The molecule has 0 N–H and O–H groups in total. The van der Waals surface area contributed by atoms with Gasteiger partial charge in [0.05, 0.1) is 0 Å². The predicted octanol–water partition coefficient (Wildman–Crippen LogP) is 4.46. The molecule has 1 fully saturated rings. The molecule has 2 nitrogen and oxygen atoms in total. The number of rotatable bonds is 3. The van der Waals surface area contributed by atoms with Crippen molar-refractivity contribution in [3.05, 3.63) is 29.8 Å². The Morgan fingerprint density at radius 2 is 2.00 bits per heavy atom. The lowest BCUT2D eigenvalue weighted by molar-refractivity contribution is -0.126. The van der Waals surface area contributed by atoms with Gasteiger partial charge >= 0.3 is 0 Å². The van der Waals surface area contributed by atoms with E-state index < -0.39 is 0 Å². The van der Waals surface area contributed by atoms with Crippen LogP contribution in [0.3, 0.4) is 0 Å². The van der Waals surface area contributed by atoms with E-state index in [0.717, 1.165) is 25.8 Å².